The number of methoxy groups -OCH3 is 2. The van der Waals surface area contributed by atoms with E-state index in [1.807, 2.05) is 6.07 Å². The Balaban J connectivity index is 1.77. The van der Waals surface area contributed by atoms with E-state index in [9.17, 15) is 14.7 Å². The number of benzene rings is 1. The number of rotatable bonds is 4. The molecule has 2 fully saturated rings. The van der Waals surface area contributed by atoms with E-state index in [4.69, 9.17) is 9.47 Å². The third-order valence-electron chi connectivity index (χ3n) is 7.05. The van der Waals surface area contributed by atoms with Crippen molar-refractivity contribution in [1.82, 2.24) is 4.90 Å². The summed E-state index contributed by atoms with van der Waals surface area (Å²) >= 11 is 0. The van der Waals surface area contributed by atoms with Crippen LogP contribution in [0, 0.1) is 11.8 Å². The zero-order valence-electron chi connectivity index (χ0n) is 17.1. The molecule has 3 aliphatic heterocycles. The highest BCUT2D eigenvalue weighted by Crippen LogP contribution is 2.55. The molecule has 0 radical (unpaired) electrons. The van der Waals surface area contributed by atoms with Crippen molar-refractivity contribution < 1.29 is 24.2 Å². The van der Waals surface area contributed by atoms with Gasteiger partial charge in [-0.3, -0.25) is 9.69 Å². The zero-order chi connectivity index (χ0) is 20.8. The summed E-state index contributed by atoms with van der Waals surface area (Å²) in [6, 6.07) is 5.12. The quantitative estimate of drug-likeness (QED) is 0.458. The standard InChI is InChI=1S/C22H28N2O5/c1-4-13-11-24-9-8-22(19-16(23-21(22)27)6-5-7-17(19)25)18(24)10-14(13)15(12-28-2)20(26)29-3/h5-7,12-14,18,25H,4,8-11H2,1-3H3,(H,23,27)/t13-,14-,18+,22+/m1/s1. The number of carbonyl (C=O) groups is 2. The fourth-order valence-corrected chi connectivity index (χ4v) is 5.73. The molecule has 3 heterocycles. The number of esters is 1. The van der Waals surface area contributed by atoms with E-state index >= 15 is 0 Å². The minimum atomic E-state index is -0.800. The Labute approximate surface area is 170 Å². The van der Waals surface area contributed by atoms with Crippen LogP contribution in [-0.2, 0) is 24.5 Å². The van der Waals surface area contributed by atoms with E-state index in [2.05, 4.69) is 17.1 Å². The molecule has 0 bridgehead atoms. The Morgan fingerprint density at radius 1 is 1.41 bits per heavy atom. The van der Waals surface area contributed by atoms with Gasteiger partial charge < -0.3 is 19.9 Å². The van der Waals surface area contributed by atoms with Gasteiger partial charge in [0, 0.05) is 23.8 Å². The number of phenols is 1. The second kappa shape index (κ2) is 7.37. The highest BCUT2D eigenvalue weighted by molar-refractivity contribution is 6.08. The number of piperidine rings is 1. The first-order valence-corrected chi connectivity index (χ1v) is 10.2. The van der Waals surface area contributed by atoms with Crippen LogP contribution in [0.5, 0.6) is 5.75 Å². The van der Waals surface area contributed by atoms with Crippen molar-refractivity contribution in [3.8, 4) is 5.75 Å². The van der Waals surface area contributed by atoms with Crippen LogP contribution in [0.3, 0.4) is 0 Å². The van der Waals surface area contributed by atoms with Crippen LogP contribution in [0.25, 0.3) is 0 Å². The van der Waals surface area contributed by atoms with E-state index in [0.717, 1.165) is 19.5 Å². The number of aromatic hydroxyl groups is 1. The molecule has 1 aromatic rings. The van der Waals surface area contributed by atoms with Gasteiger partial charge in [0.15, 0.2) is 0 Å². The van der Waals surface area contributed by atoms with Gasteiger partial charge in [0.25, 0.3) is 0 Å². The van der Waals surface area contributed by atoms with Gasteiger partial charge in [-0.1, -0.05) is 19.4 Å². The maximum Gasteiger partial charge on any atom is 0.337 e. The van der Waals surface area contributed by atoms with Crippen molar-refractivity contribution in [3.63, 3.8) is 0 Å². The molecule has 29 heavy (non-hydrogen) atoms. The number of nitrogens with one attached hydrogen (secondary N) is 1. The number of fused-ring (bicyclic) bond motifs is 4. The average Bonchev–Trinajstić information content (AvgIpc) is 3.24. The smallest absolute Gasteiger partial charge is 0.337 e. The molecule has 2 saturated heterocycles. The van der Waals surface area contributed by atoms with Crippen LogP contribution >= 0.6 is 0 Å². The summed E-state index contributed by atoms with van der Waals surface area (Å²) in [5, 5.41) is 13.6. The highest BCUT2D eigenvalue weighted by atomic mass is 16.5. The second-order valence-electron chi connectivity index (χ2n) is 8.20. The maximum atomic E-state index is 13.2. The van der Waals surface area contributed by atoms with Crippen molar-refractivity contribution in [2.24, 2.45) is 11.8 Å². The Bertz CT molecular complexity index is 867. The SMILES string of the molecule is CC[C@@H]1CN2CC[C@]3(C(=O)Nc4cccc(O)c43)[C@@H]2C[C@H]1C(=COC)C(=O)OC. The molecule has 0 aliphatic carbocycles. The predicted molar refractivity (Wildman–Crippen MR) is 107 cm³/mol. The Morgan fingerprint density at radius 2 is 2.21 bits per heavy atom. The van der Waals surface area contributed by atoms with Gasteiger partial charge in [-0.15, -0.1) is 0 Å². The topological polar surface area (TPSA) is 88.1 Å². The third-order valence-corrected chi connectivity index (χ3v) is 7.05. The molecule has 2 N–H and O–H groups in total. The fourth-order valence-electron chi connectivity index (χ4n) is 5.73. The first-order chi connectivity index (χ1) is 14.0. The van der Waals surface area contributed by atoms with E-state index < -0.39 is 11.4 Å². The second-order valence-corrected chi connectivity index (χ2v) is 8.20. The van der Waals surface area contributed by atoms with Crippen molar-refractivity contribution in [2.45, 2.75) is 37.6 Å². The molecule has 7 heteroatoms. The van der Waals surface area contributed by atoms with Crippen molar-refractivity contribution in [2.75, 3.05) is 32.6 Å². The van der Waals surface area contributed by atoms with Crippen LogP contribution < -0.4 is 5.32 Å². The molecule has 3 aliphatic rings. The number of hydrogen-bond acceptors (Lipinski definition) is 6. The van der Waals surface area contributed by atoms with E-state index in [1.165, 1.54) is 20.5 Å². The first kappa shape index (κ1) is 19.8. The molecule has 0 aromatic heterocycles. The number of carbonyl (C=O) groups excluding carboxylic acids is 2. The minimum absolute atomic E-state index is 0.0643. The van der Waals surface area contributed by atoms with Crippen molar-refractivity contribution in [3.05, 3.63) is 35.6 Å². The minimum Gasteiger partial charge on any atom is -0.508 e. The Hall–Kier alpha value is -2.54. The molecule has 4 atom stereocenters. The van der Waals surface area contributed by atoms with E-state index in [0.29, 0.717) is 29.7 Å². The lowest BCUT2D eigenvalue weighted by atomic mass is 9.67. The van der Waals surface area contributed by atoms with Crippen LogP contribution in [0.15, 0.2) is 30.0 Å². The van der Waals surface area contributed by atoms with Gasteiger partial charge in [0.05, 0.1) is 31.5 Å². The van der Waals surface area contributed by atoms with Gasteiger partial charge >= 0.3 is 5.97 Å². The third kappa shape index (κ3) is 2.82. The number of phenolic OH excluding ortho intramolecular Hbond substituents is 1. The van der Waals surface area contributed by atoms with Gasteiger partial charge in [-0.25, -0.2) is 4.79 Å². The average molecular weight is 400 g/mol. The summed E-state index contributed by atoms with van der Waals surface area (Å²) in [5.74, 6) is -0.125. The molecule has 0 unspecified atom stereocenters. The monoisotopic (exact) mass is 400 g/mol. The van der Waals surface area contributed by atoms with Gasteiger partial charge in [0.1, 0.15) is 5.75 Å². The number of hydrogen-bond donors (Lipinski definition) is 2. The molecule has 4 rings (SSSR count). The van der Waals surface area contributed by atoms with Gasteiger partial charge in [-0.05, 0) is 43.4 Å². The Morgan fingerprint density at radius 3 is 2.90 bits per heavy atom. The lowest BCUT2D eigenvalue weighted by molar-refractivity contribution is -0.137. The largest absolute Gasteiger partial charge is 0.508 e. The zero-order valence-corrected chi connectivity index (χ0v) is 17.1. The van der Waals surface area contributed by atoms with Crippen LogP contribution in [-0.4, -0.2) is 55.2 Å². The highest BCUT2D eigenvalue weighted by Gasteiger charge is 2.61. The summed E-state index contributed by atoms with van der Waals surface area (Å²) in [6.45, 7) is 3.70. The number of anilines is 1. The summed E-state index contributed by atoms with van der Waals surface area (Å²) in [5.41, 5.74) is 1.10. The molecular weight excluding hydrogens is 372 g/mol. The van der Waals surface area contributed by atoms with Crippen LogP contribution in [0.4, 0.5) is 5.69 Å². The molecule has 1 aromatic carbocycles. The molecular formula is C22H28N2O5. The molecule has 7 nitrogen and oxygen atoms in total. The molecule has 1 amide bonds. The summed E-state index contributed by atoms with van der Waals surface area (Å²) < 4.78 is 10.2. The number of nitrogens with zero attached hydrogens (tertiary/aromatic N) is 1. The summed E-state index contributed by atoms with van der Waals surface area (Å²) in [4.78, 5) is 28.1. The number of ether oxygens (including phenoxy) is 2. The summed E-state index contributed by atoms with van der Waals surface area (Å²) in [6.07, 6.45) is 3.67. The van der Waals surface area contributed by atoms with E-state index in [1.54, 1.807) is 12.1 Å². The van der Waals surface area contributed by atoms with Crippen molar-refractivity contribution in [1.29, 1.82) is 0 Å². The normalized spacial score (nSPS) is 31.3. The Kier molecular flexibility index (Phi) is 5.02. The van der Waals surface area contributed by atoms with Crippen molar-refractivity contribution >= 4 is 17.6 Å². The first-order valence-electron chi connectivity index (χ1n) is 10.2. The maximum absolute atomic E-state index is 13.2. The van der Waals surface area contributed by atoms with Crippen LogP contribution in [0.1, 0.15) is 31.7 Å². The number of amides is 1. The molecule has 1 spiro atoms. The van der Waals surface area contributed by atoms with Crippen LogP contribution in [0.2, 0.25) is 0 Å². The van der Waals surface area contributed by atoms with E-state index in [-0.39, 0.29) is 29.5 Å². The van der Waals surface area contributed by atoms with Gasteiger partial charge in [0.2, 0.25) is 5.91 Å². The fraction of sp³-hybridized carbons (Fsp3) is 0.545. The lowest BCUT2D eigenvalue weighted by Crippen LogP contribution is -2.53. The summed E-state index contributed by atoms with van der Waals surface area (Å²) in [7, 11) is 2.90. The molecule has 0 saturated carbocycles. The lowest BCUT2D eigenvalue weighted by Gasteiger charge is -2.45. The van der Waals surface area contributed by atoms with Gasteiger partial charge in [-0.2, -0.15) is 0 Å². The predicted octanol–water partition coefficient (Wildman–Crippen LogP) is 2.41. The molecule has 156 valence electrons.